The first-order chi connectivity index (χ1) is 26.7. The number of rotatable bonds is 5. The Bertz CT molecular complexity index is 3210. The molecule has 0 bridgehead atoms. The van der Waals surface area contributed by atoms with Crippen LogP contribution in [-0.4, -0.2) is 29.1 Å². The van der Waals surface area contributed by atoms with E-state index in [0.717, 1.165) is 72.7 Å². The molecule has 11 aromatic rings. The number of fused-ring (bicyclic) bond motifs is 7. The van der Waals surface area contributed by atoms with Crippen molar-refractivity contribution in [3.63, 3.8) is 0 Å². The SMILES string of the molecule is Cc1cc2c(cc1-c1ccncc1)c1ccc(-c3cccc4c3nc(-c3cccc5c3[nH]c3ccccc35)n4-c3ccccc3)cc1n2-c1ccccn1. The summed E-state index contributed by atoms with van der Waals surface area (Å²) in [5, 5.41) is 4.74. The van der Waals surface area contributed by atoms with Crippen LogP contribution < -0.4 is 0 Å². The van der Waals surface area contributed by atoms with Crippen LogP contribution in [0.2, 0.25) is 0 Å². The van der Waals surface area contributed by atoms with Gasteiger partial charge in [0.05, 0.1) is 27.6 Å². The van der Waals surface area contributed by atoms with Gasteiger partial charge in [-0.3, -0.25) is 14.1 Å². The average molecular weight is 693 g/mol. The molecule has 6 nitrogen and oxygen atoms in total. The lowest BCUT2D eigenvalue weighted by Gasteiger charge is -2.11. The number of hydrogen-bond acceptors (Lipinski definition) is 3. The van der Waals surface area contributed by atoms with Crippen molar-refractivity contribution in [2.75, 3.05) is 0 Å². The first-order valence-corrected chi connectivity index (χ1v) is 18.2. The number of aryl methyl sites for hydroxylation is 1. The lowest BCUT2D eigenvalue weighted by atomic mass is 9.98. The molecule has 11 rings (SSSR count). The Morgan fingerprint density at radius 1 is 0.500 bits per heavy atom. The maximum Gasteiger partial charge on any atom is 0.147 e. The zero-order valence-corrected chi connectivity index (χ0v) is 29.4. The quantitative estimate of drug-likeness (QED) is 0.195. The second kappa shape index (κ2) is 11.9. The van der Waals surface area contributed by atoms with Crippen molar-refractivity contribution in [3.05, 3.63) is 176 Å². The molecule has 6 heteroatoms. The van der Waals surface area contributed by atoms with Gasteiger partial charge in [-0.1, -0.05) is 78.9 Å². The fourth-order valence-electron chi connectivity index (χ4n) is 8.32. The summed E-state index contributed by atoms with van der Waals surface area (Å²) in [6, 6.07) is 53.7. The van der Waals surface area contributed by atoms with Gasteiger partial charge < -0.3 is 4.98 Å². The summed E-state index contributed by atoms with van der Waals surface area (Å²) < 4.78 is 4.59. The van der Waals surface area contributed by atoms with Crippen LogP contribution in [0.5, 0.6) is 0 Å². The maximum absolute atomic E-state index is 5.53. The first kappa shape index (κ1) is 30.3. The summed E-state index contributed by atoms with van der Waals surface area (Å²) in [6.07, 6.45) is 5.57. The van der Waals surface area contributed by atoms with Gasteiger partial charge in [0.2, 0.25) is 0 Å². The van der Waals surface area contributed by atoms with Crippen molar-refractivity contribution in [1.82, 2.24) is 29.1 Å². The van der Waals surface area contributed by atoms with Crippen LogP contribution in [0, 0.1) is 6.92 Å². The van der Waals surface area contributed by atoms with Gasteiger partial charge in [0, 0.05) is 62.5 Å². The fraction of sp³-hybridized carbons (Fsp3) is 0.0208. The molecular weight excluding hydrogens is 661 g/mol. The Kier molecular flexibility index (Phi) is 6.67. The Morgan fingerprint density at radius 3 is 2.15 bits per heavy atom. The third kappa shape index (κ3) is 4.57. The molecule has 6 aromatic carbocycles. The minimum Gasteiger partial charge on any atom is -0.354 e. The monoisotopic (exact) mass is 692 g/mol. The van der Waals surface area contributed by atoms with E-state index >= 15 is 0 Å². The van der Waals surface area contributed by atoms with Gasteiger partial charge in [-0.15, -0.1) is 0 Å². The maximum atomic E-state index is 5.53. The lowest BCUT2D eigenvalue weighted by molar-refractivity contribution is 1.08. The molecule has 0 fully saturated rings. The van der Waals surface area contributed by atoms with Crippen LogP contribution in [0.4, 0.5) is 0 Å². The Labute approximate surface area is 310 Å². The molecule has 0 saturated carbocycles. The number of nitrogens with one attached hydrogen (secondary N) is 1. The molecule has 0 radical (unpaired) electrons. The molecule has 0 saturated heterocycles. The summed E-state index contributed by atoms with van der Waals surface area (Å²) in [5.41, 5.74) is 14.2. The predicted octanol–water partition coefficient (Wildman–Crippen LogP) is 11.9. The zero-order chi connectivity index (χ0) is 35.8. The minimum absolute atomic E-state index is 0.881. The van der Waals surface area contributed by atoms with Gasteiger partial charge >= 0.3 is 0 Å². The number of nitrogens with zero attached hydrogens (tertiary/aromatic N) is 5. The summed E-state index contributed by atoms with van der Waals surface area (Å²) in [7, 11) is 0. The molecule has 0 aliphatic carbocycles. The lowest BCUT2D eigenvalue weighted by Crippen LogP contribution is -1.97. The van der Waals surface area contributed by atoms with Crippen LogP contribution >= 0.6 is 0 Å². The van der Waals surface area contributed by atoms with Crippen molar-refractivity contribution in [2.24, 2.45) is 0 Å². The number of H-pyrrole nitrogens is 1. The van der Waals surface area contributed by atoms with E-state index in [9.17, 15) is 0 Å². The highest BCUT2D eigenvalue weighted by atomic mass is 15.1. The molecule has 0 aliphatic rings. The Hall–Kier alpha value is -7.31. The van der Waals surface area contributed by atoms with Gasteiger partial charge in [-0.25, -0.2) is 9.97 Å². The Balaban J connectivity index is 1.18. The zero-order valence-electron chi connectivity index (χ0n) is 29.4. The highest BCUT2D eigenvalue weighted by Gasteiger charge is 2.22. The van der Waals surface area contributed by atoms with E-state index < -0.39 is 0 Å². The first-order valence-electron chi connectivity index (χ1n) is 18.2. The van der Waals surface area contributed by atoms with Crippen LogP contribution in [0.25, 0.3) is 99.8 Å². The largest absolute Gasteiger partial charge is 0.354 e. The van der Waals surface area contributed by atoms with Crippen molar-refractivity contribution >= 4 is 54.6 Å². The molecule has 0 unspecified atom stereocenters. The number of para-hydroxylation sites is 4. The highest BCUT2D eigenvalue weighted by molar-refractivity contribution is 6.13. The minimum atomic E-state index is 0.881. The third-order valence-corrected chi connectivity index (χ3v) is 10.8. The number of benzene rings is 6. The smallest absolute Gasteiger partial charge is 0.147 e. The third-order valence-electron chi connectivity index (χ3n) is 10.8. The molecule has 0 amide bonds. The highest BCUT2D eigenvalue weighted by Crippen LogP contribution is 2.41. The second-order valence-electron chi connectivity index (χ2n) is 13.9. The summed E-state index contributed by atoms with van der Waals surface area (Å²) in [4.78, 5) is 18.4. The number of aromatic nitrogens is 6. The summed E-state index contributed by atoms with van der Waals surface area (Å²) in [5.74, 6) is 1.77. The van der Waals surface area contributed by atoms with Gasteiger partial charge in [-0.05, 0) is 102 Å². The number of aromatic amines is 1. The van der Waals surface area contributed by atoms with E-state index in [0.29, 0.717) is 0 Å². The molecule has 54 heavy (non-hydrogen) atoms. The van der Waals surface area contributed by atoms with Crippen molar-refractivity contribution in [1.29, 1.82) is 0 Å². The fourth-order valence-corrected chi connectivity index (χ4v) is 8.32. The van der Waals surface area contributed by atoms with Crippen molar-refractivity contribution in [3.8, 4) is 45.1 Å². The van der Waals surface area contributed by atoms with Crippen LogP contribution in [0.1, 0.15) is 5.56 Å². The van der Waals surface area contributed by atoms with Crippen LogP contribution in [0.15, 0.2) is 170 Å². The molecular formula is C48H32N6. The van der Waals surface area contributed by atoms with Crippen molar-refractivity contribution < 1.29 is 0 Å². The van der Waals surface area contributed by atoms with E-state index in [1.165, 1.54) is 32.7 Å². The molecule has 0 aliphatic heterocycles. The van der Waals surface area contributed by atoms with Gasteiger partial charge in [0.1, 0.15) is 11.6 Å². The van der Waals surface area contributed by atoms with Gasteiger partial charge in [0.15, 0.2) is 0 Å². The van der Waals surface area contributed by atoms with E-state index in [-0.39, 0.29) is 0 Å². The molecule has 254 valence electrons. The molecule has 5 heterocycles. The number of hydrogen-bond donors (Lipinski definition) is 1. The van der Waals surface area contributed by atoms with E-state index in [1.807, 2.05) is 30.7 Å². The molecule has 0 atom stereocenters. The number of imidazole rings is 1. The number of pyridine rings is 2. The van der Waals surface area contributed by atoms with Crippen LogP contribution in [-0.2, 0) is 0 Å². The van der Waals surface area contributed by atoms with E-state index in [4.69, 9.17) is 9.97 Å². The van der Waals surface area contributed by atoms with Crippen LogP contribution in [0.3, 0.4) is 0 Å². The Morgan fingerprint density at radius 2 is 1.28 bits per heavy atom. The van der Waals surface area contributed by atoms with E-state index in [1.54, 1.807) is 0 Å². The summed E-state index contributed by atoms with van der Waals surface area (Å²) >= 11 is 0. The average Bonchev–Trinajstić information content (AvgIpc) is 3.91. The topological polar surface area (TPSA) is 64.3 Å². The molecule has 5 aromatic heterocycles. The standard InChI is InChI=1S/C48H32N6/c1-30-27-43-40(29-39(30)31-22-25-49-26-23-31)36-21-20-32(28-44(36)54(43)45-19-7-8-24-50-45)34-14-10-18-42-47(34)52-48(53(42)33-11-3-2-4-12-33)38-16-9-15-37-35-13-5-6-17-41(35)51-46(37)38/h2-29,51H,1H3. The molecule has 0 spiro atoms. The van der Waals surface area contributed by atoms with E-state index in [2.05, 4.69) is 166 Å². The normalized spacial score (nSPS) is 11.8. The predicted molar refractivity (Wildman–Crippen MR) is 221 cm³/mol. The molecule has 1 N–H and O–H groups in total. The van der Waals surface area contributed by atoms with Crippen molar-refractivity contribution in [2.45, 2.75) is 6.92 Å². The second-order valence-corrected chi connectivity index (χ2v) is 13.9. The summed E-state index contributed by atoms with van der Waals surface area (Å²) in [6.45, 7) is 2.18. The van der Waals surface area contributed by atoms with Gasteiger partial charge in [-0.2, -0.15) is 0 Å². The van der Waals surface area contributed by atoms with Gasteiger partial charge in [0.25, 0.3) is 0 Å².